The zero-order valence-corrected chi connectivity index (χ0v) is 24.8. The van der Waals surface area contributed by atoms with Gasteiger partial charge < -0.3 is 14.2 Å². The van der Waals surface area contributed by atoms with Gasteiger partial charge in [0, 0.05) is 17.0 Å². The van der Waals surface area contributed by atoms with E-state index in [2.05, 4.69) is 11.7 Å². The van der Waals surface area contributed by atoms with E-state index in [0.29, 0.717) is 24.3 Å². The molecule has 0 aliphatic carbocycles. The fourth-order valence-corrected chi connectivity index (χ4v) is 5.26. The van der Waals surface area contributed by atoms with Crippen LogP contribution in [-0.4, -0.2) is 13.2 Å². The third-order valence-corrected chi connectivity index (χ3v) is 7.87. The second-order valence-electron chi connectivity index (χ2n) is 10.8. The normalized spacial score (nSPS) is 17.0. The van der Waals surface area contributed by atoms with Gasteiger partial charge in [-0.2, -0.15) is 8.78 Å². The number of rotatable bonds is 10. The van der Waals surface area contributed by atoms with Gasteiger partial charge in [0.05, 0.1) is 13.2 Å². The zero-order valence-electron chi connectivity index (χ0n) is 24.0. The zero-order chi connectivity index (χ0) is 32.3. The molecule has 1 saturated heterocycles. The van der Waals surface area contributed by atoms with Crippen LogP contribution in [0.4, 0.5) is 30.7 Å². The van der Waals surface area contributed by atoms with E-state index in [9.17, 15) is 22.0 Å². The molecule has 3 nitrogen and oxygen atoms in total. The van der Waals surface area contributed by atoms with Crippen molar-refractivity contribution < 1.29 is 44.9 Å². The Balaban J connectivity index is 1.27. The van der Waals surface area contributed by atoms with E-state index in [-0.39, 0.29) is 22.6 Å². The Morgan fingerprint density at radius 1 is 0.733 bits per heavy atom. The predicted molar refractivity (Wildman–Crippen MR) is 155 cm³/mol. The lowest BCUT2D eigenvalue weighted by Gasteiger charge is -2.30. The number of benzene rings is 4. The molecular formula is C34H28ClF7O3. The first kappa shape index (κ1) is 32.8. The molecule has 0 spiro atoms. The van der Waals surface area contributed by atoms with Crippen LogP contribution in [0.2, 0.25) is 5.02 Å². The minimum absolute atomic E-state index is 0.0644. The lowest BCUT2D eigenvalue weighted by Crippen LogP contribution is -2.28. The summed E-state index contributed by atoms with van der Waals surface area (Å²) >= 11 is 5.49. The minimum atomic E-state index is -4.39. The summed E-state index contributed by atoms with van der Waals surface area (Å²) in [6.07, 6.45) is -1.42. The Bertz CT molecular complexity index is 1610. The summed E-state index contributed by atoms with van der Waals surface area (Å²) in [4.78, 5) is 0. The molecule has 0 bridgehead atoms. The van der Waals surface area contributed by atoms with Crippen molar-refractivity contribution >= 4 is 11.6 Å². The van der Waals surface area contributed by atoms with E-state index >= 15 is 8.78 Å². The molecule has 0 atom stereocenters. The van der Waals surface area contributed by atoms with Crippen molar-refractivity contribution in [1.29, 1.82) is 0 Å². The summed E-state index contributed by atoms with van der Waals surface area (Å²) in [5.41, 5.74) is -1.09. The van der Waals surface area contributed by atoms with Gasteiger partial charge in [-0.15, -0.1) is 0 Å². The van der Waals surface area contributed by atoms with Crippen molar-refractivity contribution in [3.63, 3.8) is 0 Å². The average molecular weight is 653 g/mol. The number of ether oxygens (including phenoxy) is 3. The Kier molecular flexibility index (Phi) is 10.1. The third-order valence-electron chi connectivity index (χ3n) is 7.51. The summed E-state index contributed by atoms with van der Waals surface area (Å²) in [5.74, 6) is -6.21. The van der Waals surface area contributed by atoms with Crippen LogP contribution in [0.15, 0.2) is 66.7 Å². The van der Waals surface area contributed by atoms with Gasteiger partial charge in [0.1, 0.15) is 45.4 Å². The van der Waals surface area contributed by atoms with Gasteiger partial charge in [0.2, 0.25) is 0 Å². The van der Waals surface area contributed by atoms with Crippen molar-refractivity contribution in [2.45, 2.75) is 45.0 Å². The van der Waals surface area contributed by atoms with Crippen LogP contribution in [0.1, 0.15) is 50.0 Å². The molecule has 0 amide bonds. The monoisotopic (exact) mass is 652 g/mol. The van der Waals surface area contributed by atoms with Crippen LogP contribution in [0.3, 0.4) is 0 Å². The SMILES string of the molecule is CCCCCC1COC(c2cc(F)c(C(F)(F)Oc3ccc(-c4ccc(-c5cc(F)c(Cl)c(F)c5)c(F)c4)cc3)c(F)c2)OC1. The first-order chi connectivity index (χ1) is 21.5. The Morgan fingerprint density at radius 2 is 1.31 bits per heavy atom. The van der Waals surface area contributed by atoms with Crippen molar-refractivity contribution in [3.8, 4) is 28.0 Å². The van der Waals surface area contributed by atoms with Crippen LogP contribution in [0.25, 0.3) is 22.3 Å². The largest absolute Gasteiger partial charge is 0.432 e. The second-order valence-corrected chi connectivity index (χ2v) is 11.2. The molecule has 0 radical (unpaired) electrons. The molecule has 0 saturated carbocycles. The Morgan fingerprint density at radius 3 is 1.89 bits per heavy atom. The Hall–Kier alpha value is -3.60. The summed E-state index contributed by atoms with van der Waals surface area (Å²) in [6.45, 7) is 2.74. The Labute approximate surface area is 260 Å². The van der Waals surface area contributed by atoms with E-state index in [1.165, 1.54) is 24.3 Å². The quantitative estimate of drug-likeness (QED) is 0.0969. The third kappa shape index (κ3) is 7.45. The van der Waals surface area contributed by atoms with Gasteiger partial charge in [-0.3, -0.25) is 0 Å². The van der Waals surface area contributed by atoms with Gasteiger partial charge in [0.25, 0.3) is 0 Å². The van der Waals surface area contributed by atoms with E-state index in [1.54, 1.807) is 0 Å². The van der Waals surface area contributed by atoms with Gasteiger partial charge in [-0.1, -0.05) is 62.1 Å². The maximum absolute atomic E-state index is 15.0. The molecule has 1 heterocycles. The van der Waals surface area contributed by atoms with Gasteiger partial charge in [-0.25, -0.2) is 22.0 Å². The highest BCUT2D eigenvalue weighted by atomic mass is 35.5. The van der Waals surface area contributed by atoms with E-state index < -0.39 is 57.8 Å². The highest BCUT2D eigenvalue weighted by molar-refractivity contribution is 6.31. The highest BCUT2D eigenvalue weighted by Crippen LogP contribution is 2.38. The van der Waals surface area contributed by atoms with Crippen molar-refractivity contribution in [1.82, 2.24) is 0 Å². The second kappa shape index (κ2) is 13.8. The summed E-state index contributed by atoms with van der Waals surface area (Å²) in [5, 5.41) is -0.708. The molecule has 0 N–H and O–H groups in total. The fourth-order valence-electron chi connectivity index (χ4n) is 5.15. The average Bonchev–Trinajstić information content (AvgIpc) is 2.99. The fraction of sp³-hybridized carbons (Fsp3) is 0.294. The van der Waals surface area contributed by atoms with Gasteiger partial charge in [0.15, 0.2) is 6.29 Å². The van der Waals surface area contributed by atoms with Crippen molar-refractivity contribution in [2.24, 2.45) is 5.92 Å². The van der Waals surface area contributed by atoms with Crippen LogP contribution in [0.5, 0.6) is 5.75 Å². The van der Waals surface area contributed by atoms with Crippen molar-refractivity contribution in [3.05, 3.63) is 112 Å². The minimum Gasteiger partial charge on any atom is -0.429 e. The number of unbranched alkanes of at least 4 members (excludes halogenated alkanes) is 2. The molecule has 0 unspecified atom stereocenters. The summed E-state index contributed by atoms with van der Waals surface area (Å²) in [7, 11) is 0. The molecule has 1 aliphatic heterocycles. The van der Waals surface area contributed by atoms with E-state index in [4.69, 9.17) is 21.1 Å². The standard InChI is InChI=1S/C34H28ClF7O3/c1-2-3-4-5-19-17-43-33(44-18-19)23-15-27(37)31(28(38)16-23)34(41,42)45-24-9-6-20(7-10-24)21-8-11-25(26(36)12-21)22-13-29(39)32(35)30(40)14-22/h6-16,19,33H,2-5,17-18H2,1H3. The first-order valence-electron chi connectivity index (χ1n) is 14.3. The highest BCUT2D eigenvalue weighted by Gasteiger charge is 2.42. The van der Waals surface area contributed by atoms with E-state index in [1.807, 2.05) is 0 Å². The predicted octanol–water partition coefficient (Wildman–Crippen LogP) is 10.7. The smallest absolute Gasteiger partial charge is 0.429 e. The first-order valence-corrected chi connectivity index (χ1v) is 14.7. The van der Waals surface area contributed by atoms with Crippen LogP contribution in [0, 0.1) is 35.0 Å². The summed E-state index contributed by atoms with van der Waals surface area (Å²) < 4.78 is 118. The number of hydrogen-bond donors (Lipinski definition) is 0. The van der Waals surface area contributed by atoms with Crippen LogP contribution < -0.4 is 4.74 Å². The molecule has 1 fully saturated rings. The lowest BCUT2D eigenvalue weighted by atomic mass is 9.99. The van der Waals surface area contributed by atoms with Gasteiger partial charge >= 0.3 is 6.11 Å². The molecule has 4 aromatic rings. The molecule has 5 rings (SSSR count). The molecule has 4 aromatic carbocycles. The number of hydrogen-bond acceptors (Lipinski definition) is 3. The van der Waals surface area contributed by atoms with Gasteiger partial charge in [-0.05, 0) is 65.6 Å². The molecule has 0 aromatic heterocycles. The van der Waals surface area contributed by atoms with Crippen molar-refractivity contribution in [2.75, 3.05) is 13.2 Å². The van der Waals surface area contributed by atoms with Crippen LogP contribution in [-0.2, 0) is 15.6 Å². The lowest BCUT2D eigenvalue weighted by molar-refractivity contribution is -0.206. The number of alkyl halides is 2. The molecule has 1 aliphatic rings. The molecule has 45 heavy (non-hydrogen) atoms. The maximum Gasteiger partial charge on any atom is 0.432 e. The van der Waals surface area contributed by atoms with E-state index in [0.717, 1.165) is 68.1 Å². The molecular weight excluding hydrogens is 625 g/mol. The molecule has 11 heteroatoms. The van der Waals surface area contributed by atoms with Crippen LogP contribution >= 0.6 is 11.6 Å². The summed E-state index contributed by atoms with van der Waals surface area (Å²) in [6, 6.07) is 12.1. The molecule has 238 valence electrons. The maximum atomic E-state index is 15.0. The topological polar surface area (TPSA) is 27.7 Å². The number of halogens is 8.